The predicted molar refractivity (Wildman–Crippen MR) is 40.8 cm³/mol. The van der Waals surface area contributed by atoms with E-state index in [0.717, 1.165) is 0 Å². The lowest BCUT2D eigenvalue weighted by Gasteiger charge is -2.20. The first-order valence-electron chi connectivity index (χ1n) is 2.93. The summed E-state index contributed by atoms with van der Waals surface area (Å²) in [6.45, 7) is 3.72. The zero-order valence-corrected chi connectivity index (χ0v) is 7.14. The molecule has 0 rings (SSSR count). The summed E-state index contributed by atoms with van der Waals surface area (Å²) >= 11 is 5.45. The summed E-state index contributed by atoms with van der Waals surface area (Å²) in [5, 5.41) is 11.2. The quantitative estimate of drug-likeness (QED) is 0.394. The van der Waals surface area contributed by atoms with Crippen molar-refractivity contribution in [3.8, 4) is 0 Å². The fourth-order valence-electron chi connectivity index (χ4n) is 0.459. The van der Waals surface area contributed by atoms with E-state index in [2.05, 4.69) is 5.16 Å². The van der Waals surface area contributed by atoms with Gasteiger partial charge in [0.05, 0.1) is 5.60 Å². The summed E-state index contributed by atoms with van der Waals surface area (Å²) in [6.07, 6.45) is 0.418. The number of rotatable bonds is 3. The molecule has 0 amide bonds. The number of methoxy groups -OCH3 is 1. The molecular formula is C6H12ClNO2. The second kappa shape index (κ2) is 3.78. The maximum atomic E-state index is 8.19. The van der Waals surface area contributed by atoms with Crippen LogP contribution in [0.4, 0.5) is 0 Å². The molecule has 0 bridgehead atoms. The average molecular weight is 166 g/mol. The van der Waals surface area contributed by atoms with Crippen LogP contribution in [0.15, 0.2) is 5.16 Å². The minimum atomic E-state index is -0.358. The van der Waals surface area contributed by atoms with E-state index in [1.165, 1.54) is 0 Å². The van der Waals surface area contributed by atoms with E-state index in [-0.39, 0.29) is 10.8 Å². The number of ether oxygens (including phenoxy) is 1. The number of oxime groups is 1. The summed E-state index contributed by atoms with van der Waals surface area (Å²) in [6, 6.07) is 0. The van der Waals surface area contributed by atoms with Crippen molar-refractivity contribution in [1.29, 1.82) is 0 Å². The van der Waals surface area contributed by atoms with Crippen molar-refractivity contribution in [3.63, 3.8) is 0 Å². The maximum Gasteiger partial charge on any atom is 0.148 e. The maximum absolute atomic E-state index is 8.19. The standard InChI is InChI=1S/C6H12ClNO2/c1-6(2,10-3)4-5(7)8-9/h9H,4H2,1-3H3. The highest BCUT2D eigenvalue weighted by Gasteiger charge is 2.18. The first kappa shape index (κ1) is 9.72. The van der Waals surface area contributed by atoms with Crippen LogP contribution in [0.5, 0.6) is 0 Å². The Kier molecular flexibility index (Phi) is 3.68. The SMILES string of the molecule is COC(C)(C)CC(Cl)=NO. The first-order chi connectivity index (χ1) is 4.52. The Morgan fingerprint density at radius 1 is 1.70 bits per heavy atom. The van der Waals surface area contributed by atoms with Gasteiger partial charge in [-0.25, -0.2) is 0 Å². The zero-order valence-electron chi connectivity index (χ0n) is 6.39. The van der Waals surface area contributed by atoms with Crippen molar-refractivity contribution in [2.24, 2.45) is 5.16 Å². The molecule has 0 aliphatic rings. The van der Waals surface area contributed by atoms with Gasteiger partial charge in [0.1, 0.15) is 5.17 Å². The van der Waals surface area contributed by atoms with E-state index in [0.29, 0.717) is 6.42 Å². The van der Waals surface area contributed by atoms with Crippen LogP contribution in [-0.4, -0.2) is 23.1 Å². The third kappa shape index (κ3) is 3.69. The van der Waals surface area contributed by atoms with Crippen LogP contribution in [-0.2, 0) is 4.74 Å². The summed E-state index contributed by atoms with van der Waals surface area (Å²) in [7, 11) is 1.58. The molecule has 1 N–H and O–H groups in total. The van der Waals surface area contributed by atoms with E-state index >= 15 is 0 Å². The van der Waals surface area contributed by atoms with E-state index in [1.807, 2.05) is 13.8 Å². The van der Waals surface area contributed by atoms with Crippen molar-refractivity contribution in [2.75, 3.05) is 7.11 Å². The Morgan fingerprint density at radius 3 is 2.50 bits per heavy atom. The van der Waals surface area contributed by atoms with Gasteiger partial charge in [0.15, 0.2) is 0 Å². The molecule has 0 aliphatic heterocycles. The number of hydrogen-bond donors (Lipinski definition) is 1. The Hall–Kier alpha value is -0.280. The van der Waals surface area contributed by atoms with Gasteiger partial charge in [0.2, 0.25) is 0 Å². The highest BCUT2D eigenvalue weighted by Crippen LogP contribution is 2.14. The molecule has 0 aliphatic carbocycles. The Balaban J connectivity index is 3.88. The van der Waals surface area contributed by atoms with Gasteiger partial charge < -0.3 is 9.94 Å². The minimum absolute atomic E-state index is 0.159. The van der Waals surface area contributed by atoms with Crippen LogP contribution >= 0.6 is 11.6 Å². The fourth-order valence-corrected chi connectivity index (χ4v) is 0.781. The van der Waals surface area contributed by atoms with Gasteiger partial charge >= 0.3 is 0 Å². The number of halogens is 1. The molecule has 3 nitrogen and oxygen atoms in total. The van der Waals surface area contributed by atoms with Crippen LogP contribution in [0.3, 0.4) is 0 Å². The van der Waals surface area contributed by atoms with Gasteiger partial charge in [0.25, 0.3) is 0 Å². The molecule has 0 aromatic carbocycles. The highest BCUT2D eigenvalue weighted by atomic mass is 35.5. The van der Waals surface area contributed by atoms with Gasteiger partial charge in [-0.3, -0.25) is 0 Å². The second-order valence-electron chi connectivity index (χ2n) is 2.62. The molecule has 60 valence electrons. The second-order valence-corrected chi connectivity index (χ2v) is 3.05. The molecule has 0 atom stereocenters. The van der Waals surface area contributed by atoms with Crippen LogP contribution < -0.4 is 0 Å². The Bertz CT molecular complexity index is 134. The molecule has 10 heavy (non-hydrogen) atoms. The van der Waals surface area contributed by atoms with Crippen molar-refractivity contribution in [3.05, 3.63) is 0 Å². The van der Waals surface area contributed by atoms with E-state index in [1.54, 1.807) is 7.11 Å². The lowest BCUT2D eigenvalue weighted by Crippen LogP contribution is -2.24. The Labute approximate surface area is 65.6 Å². The molecule has 0 saturated carbocycles. The van der Waals surface area contributed by atoms with Gasteiger partial charge in [-0.2, -0.15) is 0 Å². The highest BCUT2D eigenvalue weighted by molar-refractivity contribution is 6.65. The minimum Gasteiger partial charge on any atom is -0.410 e. The predicted octanol–water partition coefficient (Wildman–Crippen LogP) is 1.83. The van der Waals surface area contributed by atoms with Crippen molar-refractivity contribution in [1.82, 2.24) is 0 Å². The summed E-state index contributed by atoms with van der Waals surface area (Å²) in [4.78, 5) is 0. The summed E-state index contributed by atoms with van der Waals surface area (Å²) in [5.41, 5.74) is -0.358. The summed E-state index contributed by atoms with van der Waals surface area (Å²) < 4.78 is 5.03. The largest absolute Gasteiger partial charge is 0.410 e. The Morgan fingerprint density at radius 2 is 2.20 bits per heavy atom. The lowest BCUT2D eigenvalue weighted by molar-refractivity contribution is 0.0292. The molecule has 0 aromatic heterocycles. The normalized spacial score (nSPS) is 13.8. The molecule has 4 heteroatoms. The van der Waals surface area contributed by atoms with Gasteiger partial charge in [0, 0.05) is 13.5 Å². The van der Waals surface area contributed by atoms with E-state index < -0.39 is 0 Å². The third-order valence-corrected chi connectivity index (χ3v) is 1.44. The van der Waals surface area contributed by atoms with Crippen molar-refractivity contribution < 1.29 is 9.94 Å². The topological polar surface area (TPSA) is 41.8 Å². The monoisotopic (exact) mass is 165 g/mol. The van der Waals surface area contributed by atoms with E-state index in [4.69, 9.17) is 21.5 Å². The first-order valence-corrected chi connectivity index (χ1v) is 3.31. The summed E-state index contributed by atoms with van der Waals surface area (Å²) in [5.74, 6) is 0. The number of nitrogens with zero attached hydrogens (tertiary/aromatic N) is 1. The average Bonchev–Trinajstić information content (AvgIpc) is 1.87. The lowest BCUT2D eigenvalue weighted by atomic mass is 10.1. The third-order valence-electron chi connectivity index (χ3n) is 1.23. The van der Waals surface area contributed by atoms with Crippen LogP contribution in [0.25, 0.3) is 0 Å². The molecule has 0 fully saturated rings. The van der Waals surface area contributed by atoms with Crippen molar-refractivity contribution >= 4 is 16.8 Å². The molecule has 0 radical (unpaired) electrons. The van der Waals surface area contributed by atoms with Gasteiger partial charge in [-0.1, -0.05) is 16.8 Å². The molecule has 0 aromatic rings. The van der Waals surface area contributed by atoms with E-state index in [9.17, 15) is 0 Å². The number of hydrogen-bond acceptors (Lipinski definition) is 3. The fraction of sp³-hybridized carbons (Fsp3) is 0.833. The smallest absolute Gasteiger partial charge is 0.148 e. The molecule has 0 unspecified atom stereocenters. The van der Waals surface area contributed by atoms with Crippen LogP contribution in [0.1, 0.15) is 20.3 Å². The molecule has 0 heterocycles. The van der Waals surface area contributed by atoms with Crippen LogP contribution in [0, 0.1) is 0 Å². The molecule has 0 saturated heterocycles. The zero-order chi connectivity index (χ0) is 8.20. The molecule has 0 spiro atoms. The van der Waals surface area contributed by atoms with Gasteiger partial charge in [-0.05, 0) is 13.8 Å². The molecular weight excluding hydrogens is 154 g/mol. The van der Waals surface area contributed by atoms with Gasteiger partial charge in [-0.15, -0.1) is 0 Å². The van der Waals surface area contributed by atoms with Crippen LogP contribution in [0.2, 0.25) is 0 Å². The van der Waals surface area contributed by atoms with Crippen molar-refractivity contribution in [2.45, 2.75) is 25.9 Å².